The Labute approximate surface area is 156 Å². The lowest BCUT2D eigenvalue weighted by atomic mass is 9.92. The van der Waals surface area contributed by atoms with E-state index < -0.39 is 0 Å². The highest BCUT2D eigenvalue weighted by Crippen LogP contribution is 2.47. The van der Waals surface area contributed by atoms with Crippen LogP contribution in [0.25, 0.3) is 32.9 Å². The van der Waals surface area contributed by atoms with Crippen LogP contribution < -0.4 is 0 Å². The normalized spacial score (nSPS) is 12.8. The average molecular weight is 390 g/mol. The van der Waals surface area contributed by atoms with Crippen LogP contribution in [0.15, 0.2) is 48.5 Å². The molecular formula is C23H20BrN. The number of benzene rings is 3. The standard InChI is InChI=1S/C23H20BrN/c1-3-25-20-11-7-6-10-17(20)21-14(2)19(13-24)22-16-9-5-4-8-15(16)12-18(22)23(21)25/h4-11H,3,12-13H2,1-2H3. The molecule has 0 spiro atoms. The molecule has 124 valence electrons. The first-order valence-electron chi connectivity index (χ1n) is 8.95. The molecule has 4 aromatic rings. The van der Waals surface area contributed by atoms with E-state index in [9.17, 15) is 0 Å². The summed E-state index contributed by atoms with van der Waals surface area (Å²) in [6.07, 6.45) is 1.04. The molecular weight excluding hydrogens is 370 g/mol. The molecule has 2 heteroatoms. The minimum atomic E-state index is 0.900. The minimum Gasteiger partial charge on any atom is -0.340 e. The smallest absolute Gasteiger partial charge is 0.0536 e. The van der Waals surface area contributed by atoms with Gasteiger partial charge in [0, 0.05) is 34.6 Å². The van der Waals surface area contributed by atoms with Gasteiger partial charge in [0.1, 0.15) is 0 Å². The van der Waals surface area contributed by atoms with Crippen molar-refractivity contribution in [3.63, 3.8) is 0 Å². The molecule has 5 rings (SSSR count). The number of fused-ring (bicyclic) bond motifs is 7. The van der Waals surface area contributed by atoms with E-state index in [-0.39, 0.29) is 0 Å². The highest BCUT2D eigenvalue weighted by Gasteiger charge is 2.28. The number of hydrogen-bond acceptors (Lipinski definition) is 0. The number of aromatic nitrogens is 1. The molecule has 1 aromatic heterocycles. The van der Waals surface area contributed by atoms with Crippen molar-refractivity contribution in [3.8, 4) is 11.1 Å². The quantitative estimate of drug-likeness (QED) is 0.300. The summed E-state index contributed by atoms with van der Waals surface area (Å²) in [7, 11) is 0. The first-order chi connectivity index (χ1) is 12.3. The third kappa shape index (κ3) is 1.89. The molecule has 0 N–H and O–H groups in total. The predicted molar refractivity (Wildman–Crippen MR) is 111 cm³/mol. The molecule has 0 radical (unpaired) electrons. The topological polar surface area (TPSA) is 4.93 Å². The third-order valence-corrected chi connectivity index (χ3v) is 6.35. The number of nitrogens with zero attached hydrogens (tertiary/aromatic N) is 1. The lowest BCUT2D eigenvalue weighted by molar-refractivity contribution is 0.823. The number of rotatable bonds is 2. The van der Waals surface area contributed by atoms with Gasteiger partial charge < -0.3 is 4.57 Å². The van der Waals surface area contributed by atoms with Crippen LogP contribution in [-0.2, 0) is 18.3 Å². The maximum Gasteiger partial charge on any atom is 0.0536 e. The highest BCUT2D eigenvalue weighted by atomic mass is 79.9. The second-order valence-corrected chi connectivity index (χ2v) is 7.47. The van der Waals surface area contributed by atoms with E-state index in [4.69, 9.17) is 0 Å². The molecule has 25 heavy (non-hydrogen) atoms. The monoisotopic (exact) mass is 389 g/mol. The predicted octanol–water partition coefficient (Wildman–Crippen LogP) is 6.59. The first-order valence-corrected chi connectivity index (χ1v) is 10.1. The minimum absolute atomic E-state index is 0.900. The molecule has 0 aliphatic heterocycles. The second-order valence-electron chi connectivity index (χ2n) is 6.91. The van der Waals surface area contributed by atoms with Crippen LogP contribution in [0.5, 0.6) is 0 Å². The first kappa shape index (κ1) is 15.2. The summed E-state index contributed by atoms with van der Waals surface area (Å²) in [5, 5.41) is 3.73. The molecule has 0 unspecified atom stereocenters. The fourth-order valence-electron chi connectivity index (χ4n) is 4.74. The maximum absolute atomic E-state index is 3.78. The van der Waals surface area contributed by atoms with Crippen molar-refractivity contribution >= 4 is 37.7 Å². The summed E-state index contributed by atoms with van der Waals surface area (Å²) >= 11 is 3.78. The van der Waals surface area contributed by atoms with Crippen molar-refractivity contribution < 1.29 is 0 Å². The lowest BCUT2D eigenvalue weighted by Gasteiger charge is -2.15. The molecule has 0 saturated heterocycles. The van der Waals surface area contributed by atoms with E-state index in [0.29, 0.717) is 0 Å². The van der Waals surface area contributed by atoms with E-state index in [1.54, 1.807) is 0 Å². The Morgan fingerprint density at radius 2 is 1.80 bits per heavy atom. The van der Waals surface area contributed by atoms with Gasteiger partial charge in [-0.3, -0.25) is 0 Å². The largest absolute Gasteiger partial charge is 0.340 e. The SMILES string of the molecule is CCn1c2ccccc2c2c(C)c(CBr)c3c(c21)Cc1ccccc1-3. The van der Waals surface area contributed by atoms with Crippen molar-refractivity contribution in [1.29, 1.82) is 0 Å². The van der Waals surface area contributed by atoms with Crippen molar-refractivity contribution in [2.45, 2.75) is 32.1 Å². The Morgan fingerprint density at radius 1 is 1.04 bits per heavy atom. The molecule has 1 heterocycles. The molecule has 0 saturated carbocycles. The van der Waals surface area contributed by atoms with E-state index in [0.717, 1.165) is 18.3 Å². The van der Waals surface area contributed by atoms with Crippen LogP contribution in [-0.4, -0.2) is 4.57 Å². The van der Waals surface area contributed by atoms with Gasteiger partial charge in [-0.05, 0) is 53.3 Å². The van der Waals surface area contributed by atoms with E-state index in [2.05, 4.69) is 82.9 Å². The fraction of sp³-hybridized carbons (Fsp3) is 0.217. The van der Waals surface area contributed by atoms with Crippen LogP contribution in [0.3, 0.4) is 0 Å². The van der Waals surface area contributed by atoms with Gasteiger partial charge in [0.25, 0.3) is 0 Å². The second kappa shape index (κ2) is 5.47. The zero-order valence-electron chi connectivity index (χ0n) is 14.6. The maximum atomic E-state index is 3.78. The molecule has 3 aromatic carbocycles. The van der Waals surface area contributed by atoms with Crippen molar-refractivity contribution in [1.82, 2.24) is 4.57 Å². The summed E-state index contributed by atoms with van der Waals surface area (Å²) in [6.45, 7) is 5.56. The van der Waals surface area contributed by atoms with E-state index in [1.165, 1.54) is 55.2 Å². The Balaban J connectivity index is 2.06. The van der Waals surface area contributed by atoms with Crippen molar-refractivity contribution in [2.75, 3.05) is 0 Å². The van der Waals surface area contributed by atoms with Crippen LogP contribution in [0, 0.1) is 6.92 Å². The Morgan fingerprint density at radius 3 is 2.60 bits per heavy atom. The van der Waals surface area contributed by atoms with Gasteiger partial charge in [0.15, 0.2) is 0 Å². The van der Waals surface area contributed by atoms with Gasteiger partial charge in [-0.25, -0.2) is 0 Å². The third-order valence-electron chi connectivity index (χ3n) is 5.79. The molecule has 1 aliphatic rings. The van der Waals surface area contributed by atoms with Gasteiger partial charge in [0.05, 0.1) is 5.52 Å². The van der Waals surface area contributed by atoms with Crippen molar-refractivity contribution in [3.05, 3.63) is 70.8 Å². The van der Waals surface area contributed by atoms with E-state index in [1.807, 2.05) is 0 Å². The number of para-hydroxylation sites is 1. The van der Waals surface area contributed by atoms with Crippen LogP contribution in [0.1, 0.15) is 29.2 Å². The van der Waals surface area contributed by atoms with Gasteiger partial charge >= 0.3 is 0 Å². The van der Waals surface area contributed by atoms with Crippen LogP contribution in [0.4, 0.5) is 0 Å². The highest BCUT2D eigenvalue weighted by molar-refractivity contribution is 9.08. The Kier molecular flexibility index (Phi) is 3.33. The zero-order chi connectivity index (χ0) is 17.1. The lowest BCUT2D eigenvalue weighted by Crippen LogP contribution is -2.00. The molecule has 0 atom stereocenters. The summed E-state index contributed by atoms with van der Waals surface area (Å²) in [5.74, 6) is 0. The van der Waals surface area contributed by atoms with Gasteiger partial charge in [-0.1, -0.05) is 58.4 Å². The number of aryl methyl sites for hydroxylation is 2. The van der Waals surface area contributed by atoms with Gasteiger partial charge in [-0.2, -0.15) is 0 Å². The number of alkyl halides is 1. The van der Waals surface area contributed by atoms with Crippen LogP contribution in [0.2, 0.25) is 0 Å². The zero-order valence-corrected chi connectivity index (χ0v) is 16.2. The van der Waals surface area contributed by atoms with E-state index >= 15 is 0 Å². The van der Waals surface area contributed by atoms with Gasteiger partial charge in [0.2, 0.25) is 0 Å². The summed E-state index contributed by atoms with van der Waals surface area (Å²) in [5.41, 5.74) is 11.5. The Bertz CT molecular complexity index is 1150. The molecule has 1 nitrogen and oxygen atoms in total. The molecule has 0 amide bonds. The summed E-state index contributed by atoms with van der Waals surface area (Å²) in [6, 6.07) is 17.8. The Hall–Kier alpha value is -2.06. The van der Waals surface area contributed by atoms with Crippen molar-refractivity contribution in [2.24, 2.45) is 0 Å². The summed E-state index contributed by atoms with van der Waals surface area (Å²) in [4.78, 5) is 0. The number of hydrogen-bond donors (Lipinski definition) is 0. The average Bonchev–Trinajstić information content (AvgIpc) is 3.18. The summed E-state index contributed by atoms with van der Waals surface area (Å²) < 4.78 is 2.51. The van der Waals surface area contributed by atoms with Crippen LogP contribution >= 0.6 is 15.9 Å². The molecule has 0 fully saturated rings. The number of halogens is 1. The molecule has 0 bridgehead atoms. The molecule has 1 aliphatic carbocycles. The fourth-order valence-corrected chi connectivity index (χ4v) is 5.44. The van der Waals surface area contributed by atoms with Gasteiger partial charge in [-0.15, -0.1) is 0 Å².